The van der Waals surface area contributed by atoms with Crippen LogP contribution in [0.3, 0.4) is 0 Å². The first-order valence-corrected chi connectivity index (χ1v) is 17.3. The summed E-state index contributed by atoms with van der Waals surface area (Å²) in [6, 6.07) is 11.4. The third kappa shape index (κ3) is 8.53. The second-order valence-corrected chi connectivity index (χ2v) is 14.0. The number of alkyl halides is 3. The number of benzene rings is 2. The molecule has 1 saturated carbocycles. The van der Waals surface area contributed by atoms with Crippen LogP contribution in [0.5, 0.6) is 0 Å². The molecule has 9 nitrogen and oxygen atoms in total. The van der Waals surface area contributed by atoms with Gasteiger partial charge in [-0.15, -0.1) is 0 Å². The Morgan fingerprint density at radius 1 is 1.02 bits per heavy atom. The zero-order valence-corrected chi connectivity index (χ0v) is 28.2. The number of aldehydes is 1. The Kier molecular flexibility index (Phi) is 10.8. The van der Waals surface area contributed by atoms with Crippen LogP contribution in [0.4, 0.5) is 18.9 Å². The van der Waals surface area contributed by atoms with Crippen molar-refractivity contribution in [2.45, 2.75) is 76.7 Å². The first kappa shape index (κ1) is 35.1. The number of carbonyl (C=O) groups excluding carboxylic acids is 3. The molecule has 2 amide bonds. The lowest BCUT2D eigenvalue weighted by Crippen LogP contribution is -2.52. The largest absolute Gasteiger partial charge is 0.401 e. The van der Waals surface area contributed by atoms with Gasteiger partial charge in [0, 0.05) is 67.5 Å². The average molecular weight is 682 g/mol. The zero-order valence-electron chi connectivity index (χ0n) is 28.2. The van der Waals surface area contributed by atoms with Gasteiger partial charge in [-0.25, -0.2) is 0 Å². The van der Waals surface area contributed by atoms with E-state index >= 15 is 0 Å². The molecule has 2 N–H and O–H groups in total. The maximum atomic E-state index is 14.0. The summed E-state index contributed by atoms with van der Waals surface area (Å²) in [4.78, 5) is 47.1. The number of hydrogen-bond donors (Lipinski definition) is 2. The number of amides is 2. The Bertz CT molecular complexity index is 1640. The second-order valence-electron chi connectivity index (χ2n) is 14.0. The number of aromatic nitrogens is 1. The maximum absolute atomic E-state index is 14.0. The lowest BCUT2D eigenvalue weighted by Gasteiger charge is -2.38. The number of nitrogens with one attached hydrogen (secondary N) is 2. The third-order valence-electron chi connectivity index (χ3n) is 10.6. The highest BCUT2D eigenvalue weighted by Crippen LogP contribution is 2.30. The topological polar surface area (TPSA) is 98.0 Å². The van der Waals surface area contributed by atoms with Crippen molar-refractivity contribution >= 4 is 34.7 Å². The quantitative estimate of drug-likeness (QED) is 0.275. The van der Waals surface area contributed by atoms with E-state index in [0.29, 0.717) is 57.0 Å². The highest BCUT2D eigenvalue weighted by atomic mass is 19.4. The lowest BCUT2D eigenvalue weighted by atomic mass is 9.88. The predicted molar refractivity (Wildman–Crippen MR) is 182 cm³/mol. The molecule has 3 heterocycles. The summed E-state index contributed by atoms with van der Waals surface area (Å²) in [6.45, 7) is 5.57. The number of piperazine rings is 1. The summed E-state index contributed by atoms with van der Waals surface area (Å²) in [6.07, 6.45) is 2.71. The maximum Gasteiger partial charge on any atom is 0.401 e. The van der Waals surface area contributed by atoms with Gasteiger partial charge in [-0.1, -0.05) is 24.3 Å². The van der Waals surface area contributed by atoms with Crippen molar-refractivity contribution in [1.82, 2.24) is 19.7 Å². The van der Waals surface area contributed by atoms with E-state index in [9.17, 15) is 27.6 Å². The summed E-state index contributed by atoms with van der Waals surface area (Å²) in [5.41, 5.74) is 4.75. The smallest absolute Gasteiger partial charge is 0.376 e. The van der Waals surface area contributed by atoms with Crippen LogP contribution in [0, 0.1) is 19.8 Å². The van der Waals surface area contributed by atoms with Gasteiger partial charge in [0.2, 0.25) is 5.91 Å². The molecule has 2 aromatic carbocycles. The molecule has 0 spiro atoms. The van der Waals surface area contributed by atoms with Crippen LogP contribution in [0.25, 0.3) is 10.9 Å². The fourth-order valence-corrected chi connectivity index (χ4v) is 7.71. The molecule has 1 aromatic heterocycles. The molecule has 2 atom stereocenters. The van der Waals surface area contributed by atoms with E-state index < -0.39 is 12.7 Å². The number of hydrogen-bond acceptors (Lipinski definition) is 6. The molecule has 49 heavy (non-hydrogen) atoms. The molecular formula is C37H46F3N5O4. The van der Waals surface area contributed by atoms with Gasteiger partial charge in [0.15, 0.2) is 0 Å². The highest BCUT2D eigenvalue weighted by molar-refractivity contribution is 6.13. The highest BCUT2D eigenvalue weighted by Gasteiger charge is 2.40. The minimum absolute atomic E-state index is 0.0189. The second kappa shape index (κ2) is 15.0. The molecule has 3 aromatic rings. The monoisotopic (exact) mass is 681 g/mol. The van der Waals surface area contributed by atoms with Crippen LogP contribution in [-0.4, -0.2) is 108 Å². The predicted octanol–water partition coefficient (Wildman–Crippen LogP) is 5.50. The van der Waals surface area contributed by atoms with E-state index in [0.717, 1.165) is 59.6 Å². The van der Waals surface area contributed by atoms with Gasteiger partial charge in [0.1, 0.15) is 6.29 Å². The van der Waals surface area contributed by atoms with Gasteiger partial charge in [0.25, 0.3) is 5.91 Å². The van der Waals surface area contributed by atoms with E-state index in [1.54, 1.807) is 6.20 Å². The van der Waals surface area contributed by atoms with Crippen molar-refractivity contribution in [3.8, 4) is 0 Å². The van der Waals surface area contributed by atoms with E-state index in [1.807, 2.05) is 55.1 Å². The fourth-order valence-electron chi connectivity index (χ4n) is 7.71. The van der Waals surface area contributed by atoms with E-state index in [1.165, 1.54) is 4.90 Å². The van der Waals surface area contributed by atoms with E-state index in [2.05, 4.69) is 15.2 Å². The minimum Gasteiger partial charge on any atom is -0.376 e. The number of aryl methyl sites for hydroxylation is 2. The van der Waals surface area contributed by atoms with Crippen molar-refractivity contribution in [2.75, 3.05) is 51.2 Å². The Labute approximate surface area is 285 Å². The number of carbonyl (C=O) groups is 3. The zero-order chi connectivity index (χ0) is 34.7. The molecule has 0 unspecified atom stereocenters. The third-order valence-corrected chi connectivity index (χ3v) is 10.6. The van der Waals surface area contributed by atoms with Gasteiger partial charge >= 0.3 is 6.18 Å². The number of likely N-dealkylation sites (tertiary alicyclic amines) is 1. The number of nitrogens with zero attached hydrogens (tertiary/aromatic N) is 3. The van der Waals surface area contributed by atoms with Crippen LogP contribution in [0.2, 0.25) is 0 Å². The Morgan fingerprint density at radius 3 is 2.47 bits per heavy atom. The Hall–Kier alpha value is -3.74. The fraction of sp³-hybridized carbons (Fsp3) is 0.541. The molecule has 2 saturated heterocycles. The first-order chi connectivity index (χ1) is 23.5. The summed E-state index contributed by atoms with van der Waals surface area (Å²) in [5, 5.41) is 3.88. The van der Waals surface area contributed by atoms with Gasteiger partial charge in [-0.05, 0) is 74.8 Å². The Balaban J connectivity index is 1.12. The average Bonchev–Trinajstić information content (AvgIpc) is 3.71. The van der Waals surface area contributed by atoms with E-state index in [-0.39, 0.29) is 42.3 Å². The molecule has 3 fully saturated rings. The molecule has 2 aliphatic heterocycles. The number of ether oxygens (including phenoxy) is 1. The number of H-pyrrole nitrogens is 1. The molecule has 12 heteroatoms. The summed E-state index contributed by atoms with van der Waals surface area (Å²) < 4.78 is 45.3. The molecule has 3 aliphatic rings. The van der Waals surface area contributed by atoms with Crippen molar-refractivity contribution < 1.29 is 32.3 Å². The van der Waals surface area contributed by atoms with Crippen LogP contribution in [0.1, 0.15) is 59.2 Å². The Morgan fingerprint density at radius 2 is 1.76 bits per heavy atom. The number of anilines is 1. The molecular weight excluding hydrogens is 635 g/mol. The number of fused-ring (bicyclic) bond motifs is 1. The van der Waals surface area contributed by atoms with Gasteiger partial charge in [-0.3, -0.25) is 19.4 Å². The molecule has 0 bridgehead atoms. The minimum atomic E-state index is -4.22. The van der Waals surface area contributed by atoms with Gasteiger partial charge < -0.3 is 24.7 Å². The molecule has 0 radical (unpaired) electrons. The van der Waals surface area contributed by atoms with Crippen molar-refractivity contribution in [1.29, 1.82) is 0 Å². The first-order valence-electron chi connectivity index (χ1n) is 17.3. The number of rotatable bonds is 10. The van der Waals surface area contributed by atoms with Crippen molar-refractivity contribution in [2.24, 2.45) is 5.92 Å². The van der Waals surface area contributed by atoms with Crippen LogP contribution in [0.15, 0.2) is 42.6 Å². The summed E-state index contributed by atoms with van der Waals surface area (Å²) >= 11 is 0. The van der Waals surface area contributed by atoms with Gasteiger partial charge in [0.05, 0.1) is 37.3 Å². The standard InChI is InChI=1S/C37H46F3N5O4/c1-24-16-34(42-36(48)32-19-41-33-6-4-3-5-31(32)33)25(2)15-27(24)17-35(47)45-20-28(44-13-11-43(12-14-44)23-37(38,39)40)18-29(45)22-49-30-9-7-26(21-46)8-10-30/h3-6,15-16,19,21,26,28-30,41H,7-14,17-18,20,22-23H2,1-2H3,(H,42,48)/t26?,28-,29-,30?/m0/s1. The summed E-state index contributed by atoms with van der Waals surface area (Å²) in [5.74, 6) is -0.145. The number of para-hydroxylation sites is 1. The van der Waals surface area contributed by atoms with Crippen molar-refractivity contribution in [3.63, 3.8) is 0 Å². The van der Waals surface area contributed by atoms with E-state index in [4.69, 9.17) is 4.74 Å². The normalized spacial score (nSPS) is 24.0. The van der Waals surface area contributed by atoms with Crippen LogP contribution >= 0.6 is 0 Å². The molecule has 264 valence electrons. The SMILES string of the molecule is Cc1cc(NC(=O)c2c[nH]c3ccccc23)c(C)cc1CC(=O)N1C[C@@H](N2CCN(CC(F)(F)F)CC2)C[C@H]1COC1CCC(C=O)CC1. The lowest BCUT2D eigenvalue weighted by molar-refractivity contribution is -0.150. The summed E-state index contributed by atoms with van der Waals surface area (Å²) in [7, 11) is 0. The number of aromatic amines is 1. The van der Waals surface area contributed by atoms with Gasteiger partial charge in [-0.2, -0.15) is 13.2 Å². The van der Waals surface area contributed by atoms with Crippen LogP contribution < -0.4 is 5.32 Å². The van der Waals surface area contributed by atoms with Crippen LogP contribution in [-0.2, 0) is 20.7 Å². The molecule has 1 aliphatic carbocycles. The van der Waals surface area contributed by atoms with Crippen molar-refractivity contribution in [3.05, 3.63) is 64.8 Å². The number of halogens is 3. The molecule has 6 rings (SSSR count).